The predicted octanol–water partition coefficient (Wildman–Crippen LogP) is 2.21. The van der Waals surface area contributed by atoms with Crippen LogP contribution in [0.1, 0.15) is 31.9 Å². The zero-order chi connectivity index (χ0) is 14.3. The van der Waals surface area contributed by atoms with E-state index in [1.54, 1.807) is 12.0 Å². The van der Waals surface area contributed by atoms with Crippen LogP contribution in [0.3, 0.4) is 0 Å². The summed E-state index contributed by atoms with van der Waals surface area (Å²) in [5, 5.41) is 3.16. The Labute approximate surface area is 115 Å². The first kappa shape index (κ1) is 15.5. The third kappa shape index (κ3) is 4.24. The molecular formula is C15H24N2O2. The van der Waals surface area contributed by atoms with E-state index >= 15 is 0 Å². The third-order valence-electron chi connectivity index (χ3n) is 3.33. The van der Waals surface area contributed by atoms with Crippen LogP contribution in [0.2, 0.25) is 0 Å². The standard InChI is InChI=1S/C15H24N2O2/c1-5-16-11-10-15(18)17(3)12(2)13-8-6-7-9-14(13)19-4/h6-9,12,16H,5,10-11H2,1-4H3. The monoisotopic (exact) mass is 264 g/mol. The summed E-state index contributed by atoms with van der Waals surface area (Å²) in [5.74, 6) is 0.959. The molecule has 0 spiro atoms. The normalized spacial score (nSPS) is 12.0. The van der Waals surface area contributed by atoms with Crippen LogP contribution >= 0.6 is 0 Å². The first-order valence-corrected chi connectivity index (χ1v) is 6.71. The second kappa shape index (κ2) is 7.79. The van der Waals surface area contributed by atoms with Gasteiger partial charge in [-0.05, 0) is 19.5 Å². The van der Waals surface area contributed by atoms with Gasteiger partial charge in [-0.1, -0.05) is 25.1 Å². The second-order valence-electron chi connectivity index (χ2n) is 4.53. The number of nitrogens with zero attached hydrogens (tertiary/aromatic N) is 1. The lowest BCUT2D eigenvalue weighted by Crippen LogP contribution is -2.32. The second-order valence-corrected chi connectivity index (χ2v) is 4.53. The third-order valence-corrected chi connectivity index (χ3v) is 3.33. The lowest BCUT2D eigenvalue weighted by molar-refractivity contribution is -0.131. The molecule has 1 aromatic rings. The van der Waals surface area contributed by atoms with Crippen molar-refractivity contribution < 1.29 is 9.53 Å². The molecule has 1 unspecified atom stereocenters. The number of rotatable bonds is 7. The molecule has 106 valence electrons. The number of hydrogen-bond donors (Lipinski definition) is 1. The highest BCUT2D eigenvalue weighted by Gasteiger charge is 2.19. The fraction of sp³-hybridized carbons (Fsp3) is 0.533. The number of nitrogens with one attached hydrogen (secondary N) is 1. The van der Waals surface area contributed by atoms with Crippen molar-refractivity contribution in [2.45, 2.75) is 26.3 Å². The minimum atomic E-state index is 0.00489. The molecule has 1 N–H and O–H groups in total. The predicted molar refractivity (Wildman–Crippen MR) is 77.3 cm³/mol. The number of ether oxygens (including phenoxy) is 1. The largest absolute Gasteiger partial charge is 0.496 e. The zero-order valence-corrected chi connectivity index (χ0v) is 12.3. The summed E-state index contributed by atoms with van der Waals surface area (Å²) in [4.78, 5) is 13.9. The molecule has 0 fully saturated rings. The van der Waals surface area contributed by atoms with Crippen LogP contribution in [0, 0.1) is 0 Å². The van der Waals surface area contributed by atoms with Gasteiger partial charge in [0.25, 0.3) is 0 Å². The Morgan fingerprint density at radius 2 is 2.11 bits per heavy atom. The number of methoxy groups -OCH3 is 1. The molecule has 1 atom stereocenters. The van der Waals surface area contributed by atoms with E-state index in [9.17, 15) is 4.79 Å². The minimum Gasteiger partial charge on any atom is -0.496 e. The molecule has 1 amide bonds. The first-order valence-electron chi connectivity index (χ1n) is 6.71. The number of para-hydroxylation sites is 1. The number of carbonyl (C=O) groups excluding carboxylic acids is 1. The van der Waals surface area contributed by atoms with E-state index < -0.39 is 0 Å². The maximum absolute atomic E-state index is 12.1. The van der Waals surface area contributed by atoms with Gasteiger partial charge in [-0.2, -0.15) is 0 Å². The topological polar surface area (TPSA) is 41.6 Å². The zero-order valence-electron chi connectivity index (χ0n) is 12.3. The van der Waals surface area contributed by atoms with Crippen molar-refractivity contribution in [3.63, 3.8) is 0 Å². The fourth-order valence-electron chi connectivity index (χ4n) is 1.98. The number of amides is 1. The summed E-state index contributed by atoms with van der Waals surface area (Å²) < 4.78 is 5.34. The molecule has 4 heteroatoms. The van der Waals surface area contributed by atoms with Crippen LogP contribution in [0.4, 0.5) is 0 Å². The quantitative estimate of drug-likeness (QED) is 0.768. The van der Waals surface area contributed by atoms with Crippen LogP contribution in [-0.2, 0) is 4.79 Å². The van der Waals surface area contributed by atoms with Gasteiger partial charge in [-0.3, -0.25) is 4.79 Å². The van der Waals surface area contributed by atoms with Gasteiger partial charge in [0.05, 0.1) is 13.2 Å². The van der Waals surface area contributed by atoms with E-state index in [-0.39, 0.29) is 11.9 Å². The van der Waals surface area contributed by atoms with Crippen molar-refractivity contribution in [1.29, 1.82) is 0 Å². The van der Waals surface area contributed by atoms with E-state index in [0.29, 0.717) is 6.42 Å². The minimum absolute atomic E-state index is 0.00489. The molecule has 0 bridgehead atoms. The van der Waals surface area contributed by atoms with Crippen LogP contribution < -0.4 is 10.1 Å². The van der Waals surface area contributed by atoms with Crippen molar-refractivity contribution in [2.24, 2.45) is 0 Å². The Hall–Kier alpha value is -1.55. The van der Waals surface area contributed by atoms with E-state index in [0.717, 1.165) is 24.4 Å². The molecule has 19 heavy (non-hydrogen) atoms. The van der Waals surface area contributed by atoms with E-state index in [1.807, 2.05) is 45.2 Å². The summed E-state index contributed by atoms with van der Waals surface area (Å²) >= 11 is 0. The summed E-state index contributed by atoms with van der Waals surface area (Å²) in [6.07, 6.45) is 0.518. The summed E-state index contributed by atoms with van der Waals surface area (Å²) in [5.41, 5.74) is 1.03. The smallest absolute Gasteiger partial charge is 0.224 e. The summed E-state index contributed by atoms with van der Waals surface area (Å²) in [6.45, 7) is 5.66. The Kier molecular flexibility index (Phi) is 6.36. The van der Waals surface area contributed by atoms with Gasteiger partial charge in [0.1, 0.15) is 5.75 Å². The van der Waals surface area contributed by atoms with E-state index in [1.165, 1.54) is 0 Å². The van der Waals surface area contributed by atoms with Crippen molar-refractivity contribution in [3.05, 3.63) is 29.8 Å². The van der Waals surface area contributed by atoms with Gasteiger partial charge in [-0.15, -0.1) is 0 Å². The lowest BCUT2D eigenvalue weighted by Gasteiger charge is -2.26. The molecule has 0 heterocycles. The number of benzene rings is 1. The maximum Gasteiger partial charge on any atom is 0.224 e. The Bertz CT molecular complexity index is 407. The maximum atomic E-state index is 12.1. The van der Waals surface area contributed by atoms with Gasteiger partial charge in [-0.25, -0.2) is 0 Å². The Morgan fingerprint density at radius 3 is 2.74 bits per heavy atom. The average Bonchev–Trinajstić information content (AvgIpc) is 2.45. The SMILES string of the molecule is CCNCCC(=O)N(C)C(C)c1ccccc1OC. The van der Waals surface area contributed by atoms with Gasteiger partial charge < -0.3 is 15.0 Å². The lowest BCUT2D eigenvalue weighted by atomic mass is 10.1. The molecule has 1 aromatic carbocycles. The molecule has 1 rings (SSSR count). The average molecular weight is 264 g/mol. The van der Waals surface area contributed by atoms with Gasteiger partial charge in [0, 0.05) is 25.6 Å². The van der Waals surface area contributed by atoms with Crippen LogP contribution in [-0.4, -0.2) is 38.1 Å². The van der Waals surface area contributed by atoms with E-state index in [4.69, 9.17) is 4.74 Å². The highest BCUT2D eigenvalue weighted by atomic mass is 16.5. The highest BCUT2D eigenvalue weighted by Crippen LogP contribution is 2.28. The van der Waals surface area contributed by atoms with Crippen molar-refractivity contribution >= 4 is 5.91 Å². The summed E-state index contributed by atoms with van der Waals surface area (Å²) in [7, 11) is 3.49. The molecule has 0 aliphatic carbocycles. The first-order chi connectivity index (χ1) is 9.11. The molecule has 0 aliphatic heterocycles. The molecule has 0 saturated heterocycles. The summed E-state index contributed by atoms with van der Waals surface area (Å²) in [6, 6.07) is 7.82. The molecule has 4 nitrogen and oxygen atoms in total. The fourth-order valence-corrected chi connectivity index (χ4v) is 1.98. The Balaban J connectivity index is 2.70. The van der Waals surface area contributed by atoms with Gasteiger partial charge in [0.15, 0.2) is 0 Å². The van der Waals surface area contributed by atoms with Crippen molar-refractivity contribution in [3.8, 4) is 5.75 Å². The Morgan fingerprint density at radius 1 is 1.42 bits per heavy atom. The van der Waals surface area contributed by atoms with Crippen molar-refractivity contribution in [2.75, 3.05) is 27.2 Å². The molecular weight excluding hydrogens is 240 g/mol. The molecule has 0 aromatic heterocycles. The van der Waals surface area contributed by atoms with Crippen LogP contribution in [0.15, 0.2) is 24.3 Å². The highest BCUT2D eigenvalue weighted by molar-refractivity contribution is 5.76. The number of hydrogen-bond acceptors (Lipinski definition) is 3. The molecule has 0 aliphatic rings. The van der Waals surface area contributed by atoms with E-state index in [2.05, 4.69) is 5.32 Å². The van der Waals surface area contributed by atoms with Gasteiger partial charge >= 0.3 is 0 Å². The number of carbonyl (C=O) groups is 1. The van der Waals surface area contributed by atoms with Crippen molar-refractivity contribution in [1.82, 2.24) is 10.2 Å². The van der Waals surface area contributed by atoms with Crippen LogP contribution in [0.5, 0.6) is 5.75 Å². The molecule has 0 saturated carbocycles. The molecule has 0 radical (unpaired) electrons. The van der Waals surface area contributed by atoms with Gasteiger partial charge in [0.2, 0.25) is 5.91 Å². The van der Waals surface area contributed by atoms with Crippen LogP contribution in [0.25, 0.3) is 0 Å².